The molecule has 1 saturated carbocycles. The molecule has 1 atom stereocenters. The number of carbonyl (C=O) groups excluding carboxylic acids is 1. The molecule has 7 rings (SSSR count). The second-order valence-corrected chi connectivity index (χ2v) is 12.5. The summed E-state index contributed by atoms with van der Waals surface area (Å²) in [4.78, 5) is 28.2. The second-order valence-electron chi connectivity index (χ2n) is 10.5. The summed E-state index contributed by atoms with van der Waals surface area (Å²) in [5.74, 6) is 1.00. The van der Waals surface area contributed by atoms with Crippen LogP contribution in [0.1, 0.15) is 45.9 Å². The van der Waals surface area contributed by atoms with Crippen LogP contribution in [0.25, 0.3) is 10.9 Å². The third kappa shape index (κ3) is 4.81. The number of alkyl halides is 1. The van der Waals surface area contributed by atoms with E-state index in [-0.39, 0.29) is 17.7 Å². The van der Waals surface area contributed by atoms with E-state index < -0.39 is 45.2 Å². The van der Waals surface area contributed by atoms with Crippen molar-refractivity contribution >= 4 is 38.3 Å². The maximum atomic E-state index is 14.7. The van der Waals surface area contributed by atoms with Gasteiger partial charge in [-0.2, -0.15) is 0 Å². The van der Waals surface area contributed by atoms with E-state index in [1.165, 1.54) is 18.4 Å². The van der Waals surface area contributed by atoms with E-state index in [0.29, 0.717) is 41.9 Å². The lowest BCUT2D eigenvalue weighted by atomic mass is 10.1. The Hall–Kier alpha value is -4.23. The number of carbonyl (C=O) groups is 1. The van der Waals surface area contributed by atoms with Crippen molar-refractivity contribution in [1.29, 1.82) is 0 Å². The zero-order valence-corrected chi connectivity index (χ0v) is 23.0. The number of aromatic nitrogens is 3. The summed E-state index contributed by atoms with van der Waals surface area (Å²) in [6.07, 6.45) is 5.89. The van der Waals surface area contributed by atoms with Gasteiger partial charge in [0.2, 0.25) is 15.3 Å². The number of nitrogens with one attached hydrogen (secondary N) is 1. The topological polar surface area (TPSA) is 124 Å². The van der Waals surface area contributed by atoms with Gasteiger partial charge in [-0.3, -0.25) is 9.78 Å². The third-order valence-corrected chi connectivity index (χ3v) is 9.40. The van der Waals surface area contributed by atoms with Crippen molar-refractivity contribution in [3.63, 3.8) is 0 Å². The SMILES string of the molecule is O=C(NCc1cc2nc(N3CCOc4cc(C5CC5)cnc43)ccc2cn1)c1cc(F)c2c(c1)S(=O)(=O)[C@@H](F)COC2. The highest BCUT2D eigenvalue weighted by Crippen LogP contribution is 2.43. The summed E-state index contributed by atoms with van der Waals surface area (Å²) >= 11 is 0. The molecular formula is C29H25F2N5O5S. The zero-order valence-electron chi connectivity index (χ0n) is 22.2. The summed E-state index contributed by atoms with van der Waals surface area (Å²) in [7, 11) is -4.51. The van der Waals surface area contributed by atoms with Crippen LogP contribution >= 0.6 is 0 Å². The predicted molar refractivity (Wildman–Crippen MR) is 148 cm³/mol. The minimum atomic E-state index is -4.51. The molecule has 1 aliphatic carbocycles. The van der Waals surface area contributed by atoms with Gasteiger partial charge in [0, 0.05) is 28.9 Å². The van der Waals surface area contributed by atoms with E-state index in [4.69, 9.17) is 14.5 Å². The largest absolute Gasteiger partial charge is 0.488 e. The molecule has 2 aliphatic heterocycles. The number of nitrogens with zero attached hydrogens (tertiary/aromatic N) is 4. The van der Waals surface area contributed by atoms with E-state index in [2.05, 4.69) is 21.4 Å². The molecule has 1 aromatic carbocycles. The molecule has 5 heterocycles. The average molecular weight is 594 g/mol. The number of anilines is 2. The Balaban J connectivity index is 1.11. The standard InChI is InChI=1S/C29H25F2N5O5S/c30-22-7-18(9-25-21(22)14-40-15-26(31)42(25,38)39)29(37)34-13-20-10-23-17(11-32-20)3-4-27(35-23)36-5-6-41-24-8-19(16-1-2-16)12-33-28(24)36/h3-4,7-12,16,26H,1-2,5-6,13-15H2,(H,34,37)/t26-/m1/s1. The fourth-order valence-electron chi connectivity index (χ4n) is 5.16. The second kappa shape index (κ2) is 10.2. The number of ether oxygens (including phenoxy) is 2. The molecule has 216 valence electrons. The molecule has 0 saturated heterocycles. The Morgan fingerprint density at radius 3 is 2.81 bits per heavy atom. The number of sulfone groups is 1. The molecule has 0 radical (unpaired) electrons. The van der Waals surface area contributed by atoms with Gasteiger partial charge >= 0.3 is 0 Å². The van der Waals surface area contributed by atoms with Gasteiger partial charge in [-0.05, 0) is 60.7 Å². The number of hydrogen-bond acceptors (Lipinski definition) is 9. The number of hydrogen-bond donors (Lipinski definition) is 1. The minimum Gasteiger partial charge on any atom is -0.488 e. The molecule has 0 unspecified atom stereocenters. The maximum absolute atomic E-state index is 14.7. The summed E-state index contributed by atoms with van der Waals surface area (Å²) < 4.78 is 64.8. The lowest BCUT2D eigenvalue weighted by Gasteiger charge is -2.29. The van der Waals surface area contributed by atoms with Crippen molar-refractivity contribution in [2.75, 3.05) is 24.7 Å². The summed E-state index contributed by atoms with van der Waals surface area (Å²) in [6, 6.07) is 9.49. The van der Waals surface area contributed by atoms with Crippen molar-refractivity contribution < 1.29 is 31.5 Å². The number of rotatable bonds is 5. The first-order valence-corrected chi connectivity index (χ1v) is 15.0. The Bertz CT molecular complexity index is 1850. The first-order chi connectivity index (χ1) is 20.3. The first kappa shape index (κ1) is 26.7. The van der Waals surface area contributed by atoms with Gasteiger partial charge < -0.3 is 19.7 Å². The highest BCUT2D eigenvalue weighted by atomic mass is 32.2. The van der Waals surface area contributed by atoms with E-state index in [1.54, 1.807) is 12.3 Å². The first-order valence-electron chi connectivity index (χ1n) is 13.5. The molecule has 42 heavy (non-hydrogen) atoms. The Morgan fingerprint density at radius 1 is 1.12 bits per heavy atom. The van der Waals surface area contributed by atoms with Gasteiger partial charge in [-0.15, -0.1) is 0 Å². The molecule has 3 aliphatic rings. The highest BCUT2D eigenvalue weighted by Gasteiger charge is 2.35. The number of amides is 1. The van der Waals surface area contributed by atoms with Crippen molar-refractivity contribution in [2.45, 2.75) is 42.3 Å². The molecule has 0 spiro atoms. The Morgan fingerprint density at radius 2 is 1.98 bits per heavy atom. The van der Waals surface area contributed by atoms with Crippen LogP contribution < -0.4 is 15.0 Å². The van der Waals surface area contributed by atoms with Crippen molar-refractivity contribution in [2.24, 2.45) is 0 Å². The molecule has 1 fully saturated rings. The lowest BCUT2D eigenvalue weighted by molar-refractivity contribution is 0.0938. The van der Waals surface area contributed by atoms with E-state index in [1.807, 2.05) is 23.2 Å². The molecule has 4 aromatic rings. The quantitative estimate of drug-likeness (QED) is 0.364. The van der Waals surface area contributed by atoms with Crippen LogP contribution in [-0.4, -0.2) is 54.5 Å². The summed E-state index contributed by atoms with van der Waals surface area (Å²) in [6.45, 7) is -0.0756. The number of pyridine rings is 3. The van der Waals surface area contributed by atoms with Crippen molar-refractivity contribution in [1.82, 2.24) is 20.3 Å². The van der Waals surface area contributed by atoms with E-state index >= 15 is 0 Å². The van der Waals surface area contributed by atoms with Crippen LogP contribution in [0.3, 0.4) is 0 Å². The van der Waals surface area contributed by atoms with Crippen molar-refractivity contribution in [3.8, 4) is 5.75 Å². The summed E-state index contributed by atoms with van der Waals surface area (Å²) in [5, 5.41) is 3.42. The normalized spacial score (nSPS) is 19.4. The summed E-state index contributed by atoms with van der Waals surface area (Å²) in [5.41, 5.74) is -0.589. The minimum absolute atomic E-state index is 0.0349. The smallest absolute Gasteiger partial charge is 0.251 e. The van der Waals surface area contributed by atoms with Gasteiger partial charge in [-0.1, -0.05) is 0 Å². The molecule has 10 nitrogen and oxygen atoms in total. The molecule has 0 bridgehead atoms. The number of fused-ring (bicyclic) bond motifs is 3. The number of benzene rings is 1. The monoisotopic (exact) mass is 593 g/mol. The Kier molecular flexibility index (Phi) is 6.50. The van der Waals surface area contributed by atoms with Crippen LogP contribution in [0.4, 0.5) is 20.4 Å². The average Bonchev–Trinajstić information content (AvgIpc) is 3.85. The molecular weight excluding hydrogens is 568 g/mol. The molecule has 1 N–H and O–H groups in total. The molecule has 13 heteroatoms. The van der Waals surface area contributed by atoms with Crippen LogP contribution in [0, 0.1) is 5.82 Å². The van der Waals surface area contributed by atoms with Crippen LogP contribution in [0.15, 0.2) is 53.7 Å². The lowest BCUT2D eigenvalue weighted by Crippen LogP contribution is -2.30. The predicted octanol–water partition coefficient (Wildman–Crippen LogP) is 4.10. The molecule has 3 aromatic heterocycles. The Labute approximate surface area is 239 Å². The van der Waals surface area contributed by atoms with Gasteiger partial charge in [0.25, 0.3) is 5.91 Å². The highest BCUT2D eigenvalue weighted by molar-refractivity contribution is 7.92. The van der Waals surface area contributed by atoms with Crippen LogP contribution in [0.2, 0.25) is 0 Å². The zero-order chi connectivity index (χ0) is 29.0. The fraction of sp³-hybridized carbons (Fsp3) is 0.310. The third-order valence-electron chi connectivity index (χ3n) is 7.61. The van der Waals surface area contributed by atoms with E-state index in [0.717, 1.165) is 23.3 Å². The molecule has 1 amide bonds. The van der Waals surface area contributed by atoms with Crippen LogP contribution in [0.5, 0.6) is 5.75 Å². The van der Waals surface area contributed by atoms with Crippen molar-refractivity contribution in [3.05, 3.63) is 77.0 Å². The maximum Gasteiger partial charge on any atom is 0.251 e. The number of halogens is 2. The van der Waals surface area contributed by atoms with Gasteiger partial charge in [0.15, 0.2) is 11.6 Å². The van der Waals surface area contributed by atoms with Gasteiger partial charge in [-0.25, -0.2) is 27.2 Å². The van der Waals surface area contributed by atoms with Gasteiger partial charge in [0.05, 0.1) is 42.4 Å². The fourth-order valence-corrected chi connectivity index (χ4v) is 6.50. The van der Waals surface area contributed by atoms with Crippen LogP contribution in [-0.2, 0) is 27.7 Å². The van der Waals surface area contributed by atoms with Gasteiger partial charge in [0.1, 0.15) is 18.2 Å². The van der Waals surface area contributed by atoms with E-state index in [9.17, 15) is 22.0 Å².